The van der Waals surface area contributed by atoms with Gasteiger partial charge in [-0.15, -0.1) is 0 Å². The van der Waals surface area contributed by atoms with E-state index >= 15 is 0 Å². The van der Waals surface area contributed by atoms with Crippen LogP contribution in [-0.2, 0) is 10.0 Å². The van der Waals surface area contributed by atoms with Gasteiger partial charge < -0.3 is 4.90 Å². The number of rotatable bonds is 7. The van der Waals surface area contributed by atoms with Crippen LogP contribution in [0.25, 0.3) is 0 Å². The van der Waals surface area contributed by atoms with Gasteiger partial charge in [0.25, 0.3) is 0 Å². The number of hydrogen-bond donors (Lipinski definition) is 1. The SMILES string of the molecule is CN(CCCNS(=O)(=O)c1cccc(F)c1)c1ccccc1. The number of anilines is 1. The van der Waals surface area contributed by atoms with E-state index in [1.807, 2.05) is 37.4 Å². The van der Waals surface area contributed by atoms with Crippen molar-refractivity contribution in [3.05, 3.63) is 60.4 Å². The molecule has 2 aromatic carbocycles. The molecule has 2 rings (SSSR count). The predicted octanol–water partition coefficient (Wildman–Crippen LogP) is 2.63. The highest BCUT2D eigenvalue weighted by Gasteiger charge is 2.13. The maximum absolute atomic E-state index is 13.1. The van der Waals surface area contributed by atoms with Crippen molar-refractivity contribution >= 4 is 15.7 Å². The maximum atomic E-state index is 13.1. The minimum atomic E-state index is -3.65. The maximum Gasteiger partial charge on any atom is 0.240 e. The number of halogens is 1. The summed E-state index contributed by atoms with van der Waals surface area (Å²) >= 11 is 0. The molecule has 0 aliphatic carbocycles. The first-order valence-electron chi connectivity index (χ1n) is 7.00. The van der Waals surface area contributed by atoms with Crippen molar-refractivity contribution in [1.82, 2.24) is 4.72 Å². The molecule has 0 aliphatic rings. The zero-order chi connectivity index (χ0) is 16.0. The summed E-state index contributed by atoms with van der Waals surface area (Å²) in [4.78, 5) is 2.00. The van der Waals surface area contributed by atoms with Crippen molar-refractivity contribution < 1.29 is 12.8 Å². The largest absolute Gasteiger partial charge is 0.375 e. The first kappa shape index (κ1) is 16.5. The summed E-state index contributed by atoms with van der Waals surface area (Å²) in [6, 6.07) is 14.8. The van der Waals surface area contributed by atoms with Crippen LogP contribution < -0.4 is 9.62 Å². The summed E-state index contributed by atoms with van der Waals surface area (Å²) in [5.41, 5.74) is 1.08. The number of hydrogen-bond acceptors (Lipinski definition) is 3. The molecule has 0 saturated carbocycles. The van der Waals surface area contributed by atoms with Crippen molar-refractivity contribution in [3.63, 3.8) is 0 Å². The van der Waals surface area contributed by atoms with Gasteiger partial charge in [-0.25, -0.2) is 17.5 Å². The Morgan fingerprint density at radius 1 is 1.09 bits per heavy atom. The van der Waals surface area contributed by atoms with E-state index in [0.29, 0.717) is 13.0 Å². The van der Waals surface area contributed by atoms with Crippen molar-refractivity contribution in [3.8, 4) is 0 Å². The summed E-state index contributed by atoms with van der Waals surface area (Å²) in [5.74, 6) is -0.563. The average molecular weight is 322 g/mol. The molecule has 6 heteroatoms. The molecule has 0 fully saturated rings. The third-order valence-electron chi connectivity index (χ3n) is 3.27. The van der Waals surface area contributed by atoms with E-state index in [2.05, 4.69) is 9.62 Å². The first-order valence-corrected chi connectivity index (χ1v) is 8.49. The molecule has 0 spiro atoms. The van der Waals surface area contributed by atoms with Crippen molar-refractivity contribution in [1.29, 1.82) is 0 Å². The van der Waals surface area contributed by atoms with Crippen LogP contribution >= 0.6 is 0 Å². The van der Waals surface area contributed by atoms with E-state index in [1.165, 1.54) is 18.2 Å². The van der Waals surface area contributed by atoms with Crippen molar-refractivity contribution in [2.45, 2.75) is 11.3 Å². The number of para-hydroxylation sites is 1. The van der Waals surface area contributed by atoms with Crippen LogP contribution in [0.15, 0.2) is 59.5 Å². The standard InChI is InChI=1S/C16H19FN2O2S/c1-19(15-8-3-2-4-9-15)12-6-11-18-22(20,21)16-10-5-7-14(17)13-16/h2-5,7-10,13,18H,6,11-12H2,1H3. The van der Waals surface area contributed by atoms with Gasteiger partial charge >= 0.3 is 0 Å². The molecular weight excluding hydrogens is 303 g/mol. The minimum absolute atomic E-state index is 0.0519. The van der Waals surface area contributed by atoms with E-state index in [4.69, 9.17) is 0 Å². The lowest BCUT2D eigenvalue weighted by atomic mass is 10.3. The van der Waals surface area contributed by atoms with Crippen molar-refractivity contribution in [2.75, 3.05) is 25.0 Å². The Morgan fingerprint density at radius 3 is 2.50 bits per heavy atom. The molecule has 0 atom stereocenters. The van der Waals surface area contributed by atoms with E-state index in [9.17, 15) is 12.8 Å². The monoisotopic (exact) mass is 322 g/mol. The Morgan fingerprint density at radius 2 is 1.82 bits per heavy atom. The summed E-state index contributed by atoms with van der Waals surface area (Å²) in [5, 5.41) is 0. The average Bonchev–Trinajstić information content (AvgIpc) is 2.52. The Balaban J connectivity index is 1.83. The molecule has 0 unspecified atom stereocenters. The molecular formula is C16H19FN2O2S. The van der Waals surface area contributed by atoms with Gasteiger partial charge in [0.15, 0.2) is 0 Å². The first-order chi connectivity index (χ1) is 10.5. The molecule has 0 aromatic heterocycles. The molecule has 0 aliphatic heterocycles. The van der Waals surface area contributed by atoms with Crippen LogP contribution in [0.5, 0.6) is 0 Å². The molecule has 2 aromatic rings. The molecule has 4 nitrogen and oxygen atoms in total. The van der Waals surface area contributed by atoms with Crippen LogP contribution in [0.1, 0.15) is 6.42 Å². The molecule has 0 saturated heterocycles. The molecule has 1 N–H and O–H groups in total. The van der Waals surface area contributed by atoms with E-state index < -0.39 is 15.8 Å². The smallest absolute Gasteiger partial charge is 0.240 e. The summed E-state index contributed by atoms with van der Waals surface area (Å²) in [6.07, 6.45) is 0.653. The molecule has 0 bridgehead atoms. The molecule has 22 heavy (non-hydrogen) atoms. The summed E-state index contributed by atoms with van der Waals surface area (Å²) in [6.45, 7) is 1.02. The van der Waals surface area contributed by atoms with Gasteiger partial charge in [-0.1, -0.05) is 24.3 Å². The second-order valence-electron chi connectivity index (χ2n) is 4.97. The lowest BCUT2D eigenvalue weighted by Crippen LogP contribution is -2.28. The number of sulfonamides is 1. The van der Waals surface area contributed by atoms with Gasteiger partial charge in [-0.2, -0.15) is 0 Å². The normalized spacial score (nSPS) is 11.4. The van der Waals surface area contributed by atoms with Crippen LogP contribution in [0.4, 0.5) is 10.1 Å². The third kappa shape index (κ3) is 4.54. The number of nitrogens with one attached hydrogen (secondary N) is 1. The quantitative estimate of drug-likeness (QED) is 0.797. The fourth-order valence-electron chi connectivity index (χ4n) is 2.05. The van der Waals surface area contributed by atoms with Crippen LogP contribution in [0.3, 0.4) is 0 Å². The third-order valence-corrected chi connectivity index (χ3v) is 4.72. The lowest BCUT2D eigenvalue weighted by Gasteiger charge is -2.19. The summed E-state index contributed by atoms with van der Waals surface area (Å²) < 4.78 is 39.6. The zero-order valence-corrected chi connectivity index (χ0v) is 13.2. The van der Waals surface area contributed by atoms with Crippen LogP contribution in [-0.4, -0.2) is 28.6 Å². The van der Waals surface area contributed by atoms with Crippen LogP contribution in [0, 0.1) is 5.82 Å². The fraction of sp³-hybridized carbons (Fsp3) is 0.250. The van der Waals surface area contributed by atoms with Gasteiger partial charge in [0, 0.05) is 25.8 Å². The van der Waals surface area contributed by atoms with Crippen LogP contribution in [0.2, 0.25) is 0 Å². The van der Waals surface area contributed by atoms with Gasteiger partial charge in [0.05, 0.1) is 4.90 Å². The fourth-order valence-corrected chi connectivity index (χ4v) is 3.16. The Hall–Kier alpha value is -1.92. The van der Waals surface area contributed by atoms with E-state index in [-0.39, 0.29) is 4.90 Å². The highest BCUT2D eigenvalue weighted by molar-refractivity contribution is 7.89. The predicted molar refractivity (Wildman–Crippen MR) is 85.9 cm³/mol. The Labute approximate surface area is 130 Å². The molecule has 0 radical (unpaired) electrons. The summed E-state index contributed by atoms with van der Waals surface area (Å²) in [7, 11) is -1.70. The zero-order valence-electron chi connectivity index (χ0n) is 12.4. The highest BCUT2D eigenvalue weighted by Crippen LogP contribution is 2.12. The van der Waals surface area contributed by atoms with Crippen molar-refractivity contribution in [2.24, 2.45) is 0 Å². The molecule has 0 heterocycles. The van der Waals surface area contributed by atoms with Gasteiger partial charge in [0.2, 0.25) is 10.0 Å². The van der Waals surface area contributed by atoms with Gasteiger partial charge in [-0.05, 0) is 36.8 Å². The minimum Gasteiger partial charge on any atom is -0.375 e. The molecule has 0 amide bonds. The Bertz CT molecular complexity index is 705. The topological polar surface area (TPSA) is 49.4 Å². The van der Waals surface area contributed by atoms with E-state index in [1.54, 1.807) is 0 Å². The Kier molecular flexibility index (Phi) is 5.51. The number of benzene rings is 2. The highest BCUT2D eigenvalue weighted by atomic mass is 32.2. The number of nitrogens with zero attached hydrogens (tertiary/aromatic N) is 1. The molecule has 118 valence electrons. The van der Waals surface area contributed by atoms with Gasteiger partial charge in [-0.3, -0.25) is 0 Å². The second kappa shape index (κ2) is 7.38. The van der Waals surface area contributed by atoms with Gasteiger partial charge in [0.1, 0.15) is 5.82 Å². The lowest BCUT2D eigenvalue weighted by molar-refractivity contribution is 0.575. The second-order valence-corrected chi connectivity index (χ2v) is 6.73. The van der Waals surface area contributed by atoms with E-state index in [0.717, 1.165) is 18.3 Å².